The summed E-state index contributed by atoms with van der Waals surface area (Å²) in [6.07, 6.45) is 11.5. The fraction of sp³-hybridized carbons (Fsp3) is 0.378. The minimum atomic E-state index is -3.09. The average molecular weight is 842 g/mol. The van der Waals surface area contributed by atoms with Gasteiger partial charge in [-0.1, -0.05) is 0 Å². The molecule has 0 bridgehead atoms. The molecule has 0 aromatic heterocycles. The first kappa shape index (κ1) is 37.1. The number of fused-ring (bicyclic) bond motifs is 2. The number of hydrogen-bond acceptors (Lipinski definition) is 0. The molecule has 0 nitrogen and oxygen atoms in total. The van der Waals surface area contributed by atoms with Gasteiger partial charge < -0.3 is 24.8 Å². The Morgan fingerprint density at radius 2 is 0.958 bits per heavy atom. The molecule has 250 valence electrons. The third-order valence-corrected chi connectivity index (χ3v) is 33.7. The van der Waals surface area contributed by atoms with Crippen LogP contribution in [0.25, 0.3) is 34.4 Å². The summed E-state index contributed by atoms with van der Waals surface area (Å²) in [6.45, 7) is 14.4. The van der Waals surface area contributed by atoms with Crippen molar-refractivity contribution in [3.8, 4) is 22.3 Å². The van der Waals surface area contributed by atoms with Crippen molar-refractivity contribution in [1.82, 2.24) is 0 Å². The zero-order chi connectivity index (χ0) is 32.0. The van der Waals surface area contributed by atoms with E-state index in [-0.39, 0.29) is 24.8 Å². The van der Waals surface area contributed by atoms with Gasteiger partial charge in [-0.15, -0.1) is 0 Å². The summed E-state index contributed by atoms with van der Waals surface area (Å²) in [5, 5.41) is 0. The van der Waals surface area contributed by atoms with Crippen molar-refractivity contribution < 1.29 is 44.8 Å². The normalized spacial score (nSPS) is 18.1. The Kier molecular flexibility index (Phi) is 11.9. The Bertz CT molecular complexity index is 1660. The second-order valence-electron chi connectivity index (χ2n) is 15.1. The maximum atomic E-state index is 2.67. The Morgan fingerprint density at radius 3 is 1.27 bits per heavy atom. The zero-order valence-corrected chi connectivity index (χ0v) is 34.9. The third kappa shape index (κ3) is 6.42. The Balaban J connectivity index is 0.00000225. The van der Waals surface area contributed by atoms with Gasteiger partial charge in [-0.3, -0.25) is 0 Å². The molecular weight excluding hydrogens is 790 g/mol. The van der Waals surface area contributed by atoms with E-state index in [1.165, 1.54) is 72.1 Å². The van der Waals surface area contributed by atoms with Crippen LogP contribution in [0.4, 0.5) is 0 Å². The predicted octanol–water partition coefficient (Wildman–Crippen LogP) is 7.22. The first-order chi connectivity index (χ1) is 22.4. The molecule has 1 fully saturated rings. The van der Waals surface area contributed by atoms with Crippen molar-refractivity contribution in [2.24, 2.45) is 11.8 Å². The third-order valence-electron chi connectivity index (χ3n) is 11.6. The van der Waals surface area contributed by atoms with Crippen LogP contribution in [-0.4, -0.2) is 0 Å². The molecule has 0 amide bonds. The number of halogens is 2. The van der Waals surface area contributed by atoms with Gasteiger partial charge in [-0.05, 0) is 0 Å². The van der Waals surface area contributed by atoms with Gasteiger partial charge in [0.25, 0.3) is 0 Å². The minimum Gasteiger partial charge on any atom is -1.00 e. The summed E-state index contributed by atoms with van der Waals surface area (Å²) < 4.78 is 4.37. The Morgan fingerprint density at radius 1 is 0.562 bits per heavy atom. The Labute approximate surface area is 307 Å². The van der Waals surface area contributed by atoms with Crippen LogP contribution in [0.15, 0.2) is 96.1 Å². The summed E-state index contributed by atoms with van der Waals surface area (Å²) in [6, 6.07) is 33.5. The van der Waals surface area contributed by atoms with E-state index in [0.717, 1.165) is 12.8 Å². The second kappa shape index (κ2) is 15.4. The van der Waals surface area contributed by atoms with Crippen molar-refractivity contribution in [2.45, 2.75) is 89.4 Å². The van der Waals surface area contributed by atoms with Gasteiger partial charge in [0.05, 0.1) is 0 Å². The monoisotopic (exact) mass is 842 g/mol. The molecule has 4 aromatic rings. The largest absolute Gasteiger partial charge is 1.00 e. The fourth-order valence-corrected chi connectivity index (χ4v) is 32.8. The van der Waals surface area contributed by atoms with Gasteiger partial charge in [0.15, 0.2) is 0 Å². The molecule has 48 heavy (non-hydrogen) atoms. The van der Waals surface area contributed by atoms with Crippen molar-refractivity contribution in [3.05, 3.63) is 129 Å². The van der Waals surface area contributed by atoms with E-state index in [1.807, 2.05) is 0 Å². The van der Waals surface area contributed by atoms with E-state index in [1.54, 1.807) is 22.3 Å². The first-order valence-corrected chi connectivity index (χ1v) is 27.5. The smallest absolute Gasteiger partial charge is 1.00 e. The predicted molar refractivity (Wildman–Crippen MR) is 197 cm³/mol. The van der Waals surface area contributed by atoms with Crippen LogP contribution in [0, 0.1) is 11.8 Å². The number of hydrogen-bond donors (Lipinski definition) is 0. The molecular formula is C45H52Cl2Hf. The molecule has 7 rings (SSSR count). The number of allylic oxidation sites excluding steroid dienone is 2. The SMILES string of the molecule is CCCc1ccc(-c2cccc3c2C=C(C(C)C)[CH]3[Hf+2]2([CH]3C(C(C)C)=Cc4c(-c5ccc(CCC)cc5)cccc43)[CH2]C[CH2]2)cc1.[Cl-].[Cl-]. The van der Waals surface area contributed by atoms with Gasteiger partial charge in [0.2, 0.25) is 0 Å². The second-order valence-corrected chi connectivity index (χ2v) is 31.7. The molecule has 0 spiro atoms. The van der Waals surface area contributed by atoms with E-state index in [2.05, 4.69) is 139 Å². The van der Waals surface area contributed by atoms with Crippen LogP contribution in [0.3, 0.4) is 0 Å². The minimum absolute atomic E-state index is 0. The topological polar surface area (TPSA) is 0 Å². The van der Waals surface area contributed by atoms with Gasteiger partial charge in [0.1, 0.15) is 0 Å². The van der Waals surface area contributed by atoms with Gasteiger partial charge >= 0.3 is 285 Å². The fourth-order valence-electron chi connectivity index (χ4n) is 9.25. The van der Waals surface area contributed by atoms with Crippen molar-refractivity contribution >= 4 is 12.2 Å². The molecule has 1 saturated heterocycles. The summed E-state index contributed by atoms with van der Waals surface area (Å²) in [5.41, 5.74) is 18.4. The quantitative estimate of drug-likeness (QED) is 0.148. The zero-order valence-electron chi connectivity index (χ0n) is 29.8. The molecule has 0 saturated carbocycles. The molecule has 2 atom stereocenters. The first-order valence-electron chi connectivity index (χ1n) is 18.2. The molecule has 0 N–H and O–H groups in total. The van der Waals surface area contributed by atoms with Gasteiger partial charge in [-0.2, -0.15) is 0 Å². The summed E-state index contributed by atoms with van der Waals surface area (Å²) >= 11 is -3.09. The van der Waals surface area contributed by atoms with Crippen LogP contribution >= 0.6 is 0 Å². The standard InChI is InChI=1S/2C21H23.C3H6.2ClH.Hf/c2*1-4-6-16-9-11-17(12-10-16)20-8-5-7-18-13-19(15(2)3)14-21(18)20;1-3-2;;;/h2*5,7-15H,4,6H2,1-3H3;1-3H2;2*1H;/q;;;;;+2/p-2. The average Bonchev–Trinajstić information content (AvgIpc) is 3.63. The summed E-state index contributed by atoms with van der Waals surface area (Å²) in [7, 11) is 0. The Hall–Kier alpha value is -2.19. The molecule has 1 heterocycles. The van der Waals surface area contributed by atoms with Crippen molar-refractivity contribution in [1.29, 1.82) is 0 Å². The van der Waals surface area contributed by atoms with Crippen molar-refractivity contribution in [3.63, 3.8) is 0 Å². The molecule has 3 heteroatoms. The van der Waals surface area contributed by atoms with Crippen LogP contribution in [-0.2, 0) is 32.8 Å². The number of benzene rings is 4. The van der Waals surface area contributed by atoms with E-state index in [9.17, 15) is 0 Å². The van der Waals surface area contributed by atoms with Gasteiger partial charge in [0, 0.05) is 0 Å². The van der Waals surface area contributed by atoms with E-state index in [0.29, 0.717) is 19.2 Å². The molecule has 0 radical (unpaired) electrons. The molecule has 2 aliphatic carbocycles. The summed E-state index contributed by atoms with van der Waals surface area (Å²) in [5.74, 6) is 1.13. The van der Waals surface area contributed by atoms with Crippen LogP contribution in [0.1, 0.15) is 102 Å². The number of aryl methyl sites for hydroxylation is 2. The van der Waals surface area contributed by atoms with Crippen LogP contribution in [0.5, 0.6) is 0 Å². The maximum absolute atomic E-state index is 3.09. The molecule has 3 aliphatic rings. The van der Waals surface area contributed by atoms with E-state index in [4.69, 9.17) is 0 Å². The van der Waals surface area contributed by atoms with Gasteiger partial charge in [-0.25, -0.2) is 0 Å². The molecule has 4 aromatic carbocycles. The number of rotatable bonds is 10. The van der Waals surface area contributed by atoms with E-state index >= 15 is 0 Å². The summed E-state index contributed by atoms with van der Waals surface area (Å²) in [4.78, 5) is 0. The maximum Gasteiger partial charge on any atom is -1.00 e. The van der Waals surface area contributed by atoms with Crippen LogP contribution in [0.2, 0.25) is 8.35 Å². The van der Waals surface area contributed by atoms with Crippen LogP contribution < -0.4 is 24.8 Å². The molecule has 2 unspecified atom stereocenters. The van der Waals surface area contributed by atoms with Crippen molar-refractivity contribution in [2.75, 3.05) is 0 Å². The molecule has 1 aliphatic heterocycles. The van der Waals surface area contributed by atoms with E-state index < -0.39 is 20.0 Å².